The average molecular weight is 367 g/mol. The third kappa shape index (κ3) is 3.41. The van der Waals surface area contributed by atoms with Crippen molar-refractivity contribution >= 4 is 5.91 Å². The molecule has 1 heterocycles. The quantitative estimate of drug-likeness (QED) is 0.871. The molecule has 0 amide bonds. The van der Waals surface area contributed by atoms with Gasteiger partial charge >= 0.3 is 0 Å². The minimum atomic E-state index is -0.878. The Morgan fingerprint density at radius 3 is 2.56 bits per heavy atom. The van der Waals surface area contributed by atoms with Crippen LogP contribution in [0.1, 0.15) is 41.7 Å². The Morgan fingerprint density at radius 1 is 1.26 bits per heavy atom. The van der Waals surface area contributed by atoms with Crippen molar-refractivity contribution in [1.29, 1.82) is 5.26 Å². The highest BCUT2D eigenvalue weighted by molar-refractivity contribution is 5.82. The topological polar surface area (TPSA) is 78.0 Å². The first-order valence-corrected chi connectivity index (χ1v) is 9.31. The molecule has 2 aliphatic rings. The number of benzene rings is 1. The minimum absolute atomic E-state index is 0.142. The molecule has 2 aromatic rings. The molecule has 5 nitrogen and oxygen atoms in total. The van der Waals surface area contributed by atoms with Crippen LogP contribution in [-0.4, -0.2) is 28.2 Å². The van der Waals surface area contributed by atoms with Crippen LogP contribution >= 0.6 is 0 Å². The first kappa shape index (κ1) is 17.9. The van der Waals surface area contributed by atoms with E-state index >= 15 is 0 Å². The van der Waals surface area contributed by atoms with E-state index in [1.807, 2.05) is 6.07 Å². The van der Waals surface area contributed by atoms with Gasteiger partial charge in [0.15, 0.2) is 0 Å². The molecule has 0 saturated heterocycles. The van der Waals surface area contributed by atoms with E-state index in [-0.39, 0.29) is 24.3 Å². The minimum Gasteiger partial charge on any atom is -0.385 e. The van der Waals surface area contributed by atoms with Gasteiger partial charge in [-0.2, -0.15) is 5.26 Å². The van der Waals surface area contributed by atoms with Crippen LogP contribution in [-0.2, 0) is 5.60 Å². The second-order valence-corrected chi connectivity index (χ2v) is 7.79. The van der Waals surface area contributed by atoms with Crippen LogP contribution in [0.4, 0.5) is 4.39 Å². The lowest BCUT2D eigenvalue weighted by molar-refractivity contribution is 0.0340. The molecular formula is C21H22FN3O2. The van der Waals surface area contributed by atoms with E-state index in [9.17, 15) is 14.3 Å². The van der Waals surface area contributed by atoms with E-state index in [4.69, 9.17) is 5.26 Å². The zero-order valence-corrected chi connectivity index (χ0v) is 14.9. The predicted octanol–water partition coefficient (Wildman–Crippen LogP) is 2.81. The maximum Gasteiger partial charge on any atom is 0.245 e. The molecule has 2 N–H and O–H groups in total. The molecule has 2 aliphatic carbocycles. The van der Waals surface area contributed by atoms with E-state index in [1.54, 1.807) is 30.5 Å². The van der Waals surface area contributed by atoms with Gasteiger partial charge in [-0.25, -0.2) is 4.39 Å². The molecule has 6 heteroatoms. The number of hydrogen-bond acceptors (Lipinski definition) is 4. The van der Waals surface area contributed by atoms with Gasteiger partial charge in [0.2, 0.25) is 5.91 Å². The summed E-state index contributed by atoms with van der Waals surface area (Å²) in [6.45, 7) is 0.190. The Balaban J connectivity index is 1.33. The van der Waals surface area contributed by atoms with Crippen molar-refractivity contribution < 1.29 is 14.3 Å². The molecule has 2 unspecified atom stereocenters. The number of rotatable bonds is 4. The number of nitrogens with zero attached hydrogens (tertiary/aromatic N) is 2. The van der Waals surface area contributed by atoms with Crippen LogP contribution in [0.3, 0.4) is 0 Å². The lowest BCUT2D eigenvalue weighted by Gasteiger charge is -2.25. The van der Waals surface area contributed by atoms with E-state index in [1.165, 1.54) is 16.7 Å². The van der Waals surface area contributed by atoms with Gasteiger partial charge in [0.05, 0.1) is 12.1 Å². The largest absolute Gasteiger partial charge is 0.385 e. The third-order valence-electron chi connectivity index (χ3n) is 6.10. The summed E-state index contributed by atoms with van der Waals surface area (Å²) in [5, 5.41) is 23.3. The van der Waals surface area contributed by atoms with Gasteiger partial charge in [-0.05, 0) is 67.3 Å². The van der Waals surface area contributed by atoms with Crippen molar-refractivity contribution in [3.8, 4) is 6.07 Å². The first-order valence-electron chi connectivity index (χ1n) is 9.31. The average Bonchev–Trinajstić information content (AvgIpc) is 3.33. The third-order valence-corrected chi connectivity index (χ3v) is 6.10. The maximum absolute atomic E-state index is 13.1. The molecule has 1 aromatic carbocycles. The fraction of sp³-hybridized carbons (Fsp3) is 0.429. The summed E-state index contributed by atoms with van der Waals surface area (Å²) < 4.78 is 14.5. The van der Waals surface area contributed by atoms with Gasteiger partial charge < -0.3 is 10.4 Å². The number of aromatic nitrogens is 1. The lowest BCUT2D eigenvalue weighted by Crippen LogP contribution is -2.35. The van der Waals surface area contributed by atoms with Crippen LogP contribution in [0.25, 0.3) is 0 Å². The molecule has 1 aromatic heterocycles. The van der Waals surface area contributed by atoms with Crippen molar-refractivity contribution in [2.75, 3.05) is 6.54 Å². The van der Waals surface area contributed by atoms with Crippen LogP contribution in [0.2, 0.25) is 0 Å². The lowest BCUT2D eigenvalue weighted by atomic mass is 9.89. The Kier molecular flexibility index (Phi) is 4.58. The van der Waals surface area contributed by atoms with Gasteiger partial charge in [-0.1, -0.05) is 12.1 Å². The van der Waals surface area contributed by atoms with Crippen molar-refractivity contribution in [1.82, 2.24) is 9.88 Å². The van der Waals surface area contributed by atoms with Crippen LogP contribution in [0, 0.1) is 29.0 Å². The highest BCUT2D eigenvalue weighted by atomic mass is 19.1. The molecule has 0 aliphatic heterocycles. The van der Waals surface area contributed by atoms with Crippen molar-refractivity contribution in [3.63, 3.8) is 0 Å². The number of hydrogen-bond donors (Lipinski definition) is 2. The molecule has 4 rings (SSSR count). The molecule has 140 valence electrons. The summed E-state index contributed by atoms with van der Waals surface area (Å²) in [7, 11) is 0. The van der Waals surface area contributed by atoms with Gasteiger partial charge in [0, 0.05) is 12.2 Å². The second kappa shape index (κ2) is 6.91. The smallest absolute Gasteiger partial charge is 0.245 e. The highest BCUT2D eigenvalue weighted by Crippen LogP contribution is 2.52. The van der Waals surface area contributed by atoms with Gasteiger partial charge in [-0.3, -0.25) is 9.36 Å². The number of carbonyl (C=O) groups excluding carboxylic acids is 1. The van der Waals surface area contributed by atoms with Gasteiger partial charge in [-0.15, -0.1) is 0 Å². The standard InChI is InChI=1S/C21H22FN3O2/c22-17-5-3-16(4-6-17)21(27)10-14-8-18(9-15(14)11-21)24-13-20(26)25-7-1-2-19(25)12-23/h1-7,14-15,18,24,27H,8-11,13H2. The number of fused-ring (bicyclic) bond motifs is 1. The Bertz CT molecular complexity index is 870. The number of nitrogens with one attached hydrogen (secondary N) is 1. The molecule has 2 fully saturated rings. The summed E-state index contributed by atoms with van der Waals surface area (Å²) in [6, 6.07) is 11.7. The normalized spacial score (nSPS) is 29.4. The summed E-state index contributed by atoms with van der Waals surface area (Å²) in [5.41, 5.74) is 0.250. The fourth-order valence-electron chi connectivity index (χ4n) is 4.83. The number of halogens is 1. The van der Waals surface area contributed by atoms with E-state index in [0.29, 0.717) is 30.4 Å². The molecular weight excluding hydrogens is 345 g/mol. The Morgan fingerprint density at radius 2 is 1.93 bits per heavy atom. The summed E-state index contributed by atoms with van der Waals surface area (Å²) in [6.07, 6.45) is 4.78. The van der Waals surface area contributed by atoms with E-state index in [2.05, 4.69) is 5.32 Å². The number of aliphatic hydroxyl groups is 1. The van der Waals surface area contributed by atoms with Crippen molar-refractivity contribution in [3.05, 3.63) is 59.7 Å². The van der Waals surface area contributed by atoms with E-state index in [0.717, 1.165) is 18.4 Å². The van der Waals surface area contributed by atoms with Crippen LogP contribution in [0.15, 0.2) is 42.6 Å². The van der Waals surface area contributed by atoms with Crippen molar-refractivity contribution in [2.45, 2.75) is 37.3 Å². The van der Waals surface area contributed by atoms with Gasteiger partial charge in [0.25, 0.3) is 0 Å². The monoisotopic (exact) mass is 367 g/mol. The molecule has 2 atom stereocenters. The van der Waals surface area contributed by atoms with E-state index < -0.39 is 5.60 Å². The zero-order chi connectivity index (χ0) is 19.0. The molecule has 27 heavy (non-hydrogen) atoms. The number of carbonyl (C=O) groups is 1. The molecule has 0 spiro atoms. The van der Waals surface area contributed by atoms with Gasteiger partial charge in [0.1, 0.15) is 17.6 Å². The predicted molar refractivity (Wildman–Crippen MR) is 97.3 cm³/mol. The van der Waals surface area contributed by atoms with Crippen LogP contribution < -0.4 is 5.32 Å². The summed E-state index contributed by atoms with van der Waals surface area (Å²) >= 11 is 0. The SMILES string of the molecule is N#Cc1cccn1C(=O)CNC1CC2CC(O)(c3ccc(F)cc3)CC2C1. The zero-order valence-electron chi connectivity index (χ0n) is 14.9. The highest BCUT2D eigenvalue weighted by Gasteiger charge is 2.49. The first-order chi connectivity index (χ1) is 13.0. The Hall–Kier alpha value is -2.49. The summed E-state index contributed by atoms with van der Waals surface area (Å²) in [5.74, 6) is 0.357. The number of nitriles is 1. The summed E-state index contributed by atoms with van der Waals surface area (Å²) in [4.78, 5) is 12.3. The van der Waals surface area contributed by atoms with Crippen LogP contribution in [0.5, 0.6) is 0 Å². The molecule has 2 saturated carbocycles. The Labute approximate surface area is 157 Å². The van der Waals surface area contributed by atoms with Crippen molar-refractivity contribution in [2.24, 2.45) is 11.8 Å². The second-order valence-electron chi connectivity index (χ2n) is 7.79. The fourth-order valence-corrected chi connectivity index (χ4v) is 4.83. The molecule has 0 radical (unpaired) electrons. The molecule has 0 bridgehead atoms. The maximum atomic E-state index is 13.1.